The van der Waals surface area contributed by atoms with Crippen molar-refractivity contribution in [2.75, 3.05) is 6.61 Å². The molecule has 3 heteroatoms. The van der Waals surface area contributed by atoms with Gasteiger partial charge in [-0.3, -0.25) is 4.79 Å². The number of carbonyl (C=O) groups excluding carboxylic acids is 1. The lowest BCUT2D eigenvalue weighted by atomic mass is 9.45. The fraction of sp³-hybridized carbons (Fsp3) is 0.850. The van der Waals surface area contributed by atoms with E-state index in [0.29, 0.717) is 30.1 Å². The number of hydrogen-bond donors (Lipinski definition) is 2. The van der Waals surface area contributed by atoms with Crippen LogP contribution in [0.3, 0.4) is 0 Å². The quantitative estimate of drug-likeness (QED) is 0.781. The Morgan fingerprint density at radius 2 is 2.00 bits per heavy atom. The largest absolute Gasteiger partial charge is 0.395 e. The number of aliphatic hydroxyl groups excluding tert-OH is 2. The molecule has 0 aromatic carbocycles. The second-order valence-corrected chi connectivity index (χ2v) is 9.06. The van der Waals surface area contributed by atoms with Crippen LogP contribution >= 0.6 is 0 Å². The van der Waals surface area contributed by atoms with Crippen LogP contribution in [0.5, 0.6) is 0 Å². The molecule has 4 aliphatic rings. The minimum atomic E-state index is -0.157. The summed E-state index contributed by atoms with van der Waals surface area (Å²) in [4.78, 5) is 11.9. The maximum atomic E-state index is 11.9. The normalized spacial score (nSPS) is 52.4. The highest BCUT2D eigenvalue weighted by Crippen LogP contribution is 2.66. The van der Waals surface area contributed by atoms with Gasteiger partial charge in [-0.1, -0.05) is 19.4 Å². The minimum absolute atomic E-state index is 0.0672. The fourth-order valence-corrected chi connectivity index (χ4v) is 6.99. The molecule has 0 spiro atoms. The molecule has 3 saturated carbocycles. The zero-order valence-electron chi connectivity index (χ0n) is 14.4. The molecule has 0 aliphatic heterocycles. The van der Waals surface area contributed by atoms with E-state index >= 15 is 0 Å². The molecular weight excluding hydrogens is 288 g/mol. The third-order valence-corrected chi connectivity index (χ3v) is 8.27. The van der Waals surface area contributed by atoms with Crippen molar-refractivity contribution < 1.29 is 15.0 Å². The van der Waals surface area contributed by atoms with E-state index in [-0.39, 0.29) is 29.3 Å². The first-order chi connectivity index (χ1) is 10.9. The maximum absolute atomic E-state index is 11.9. The zero-order chi connectivity index (χ0) is 16.4. The molecular formula is C20H30O3. The summed E-state index contributed by atoms with van der Waals surface area (Å²) >= 11 is 0. The Morgan fingerprint density at radius 1 is 1.22 bits per heavy atom. The molecule has 0 heterocycles. The lowest BCUT2D eigenvalue weighted by molar-refractivity contribution is -0.123. The lowest BCUT2D eigenvalue weighted by Gasteiger charge is -2.60. The van der Waals surface area contributed by atoms with Gasteiger partial charge in [0.25, 0.3) is 0 Å². The first-order valence-corrected chi connectivity index (χ1v) is 9.45. The van der Waals surface area contributed by atoms with Crippen LogP contribution in [0.1, 0.15) is 58.8 Å². The third-order valence-electron chi connectivity index (χ3n) is 8.27. The Morgan fingerprint density at radius 3 is 2.74 bits per heavy atom. The van der Waals surface area contributed by atoms with E-state index in [2.05, 4.69) is 13.8 Å². The Balaban J connectivity index is 1.76. The summed E-state index contributed by atoms with van der Waals surface area (Å²) in [5, 5.41) is 20.9. The molecule has 128 valence electrons. The average Bonchev–Trinajstić information content (AvgIpc) is 2.83. The van der Waals surface area contributed by atoms with E-state index in [1.165, 1.54) is 5.57 Å². The number of rotatable bonds is 1. The van der Waals surface area contributed by atoms with Gasteiger partial charge in [0.15, 0.2) is 5.78 Å². The molecule has 0 bridgehead atoms. The van der Waals surface area contributed by atoms with Gasteiger partial charge in [-0.25, -0.2) is 0 Å². The molecule has 0 saturated heterocycles. The summed E-state index contributed by atoms with van der Waals surface area (Å²) in [6.45, 7) is 4.81. The highest BCUT2D eigenvalue weighted by Gasteiger charge is 2.61. The smallest absolute Gasteiger partial charge is 0.155 e. The Kier molecular flexibility index (Phi) is 3.55. The van der Waals surface area contributed by atoms with Crippen LogP contribution in [0.4, 0.5) is 0 Å². The van der Waals surface area contributed by atoms with E-state index in [0.717, 1.165) is 38.5 Å². The van der Waals surface area contributed by atoms with Crippen LogP contribution in [0, 0.1) is 34.5 Å². The van der Waals surface area contributed by atoms with Gasteiger partial charge in [-0.15, -0.1) is 0 Å². The van der Waals surface area contributed by atoms with Gasteiger partial charge in [-0.05, 0) is 73.7 Å². The Bertz CT molecular complexity index is 553. The van der Waals surface area contributed by atoms with Crippen molar-refractivity contribution in [2.24, 2.45) is 34.5 Å². The van der Waals surface area contributed by atoms with Crippen LogP contribution in [0.15, 0.2) is 11.6 Å². The summed E-state index contributed by atoms with van der Waals surface area (Å²) in [5.74, 6) is 2.44. The zero-order valence-corrected chi connectivity index (χ0v) is 14.4. The highest BCUT2D eigenvalue weighted by atomic mass is 16.3. The van der Waals surface area contributed by atoms with Crippen LogP contribution in [-0.4, -0.2) is 28.7 Å². The van der Waals surface area contributed by atoms with E-state index in [1.807, 2.05) is 6.08 Å². The predicted molar refractivity (Wildman–Crippen MR) is 88.7 cm³/mol. The number of carbonyl (C=O) groups is 1. The van der Waals surface area contributed by atoms with E-state index in [9.17, 15) is 15.0 Å². The Hall–Kier alpha value is -0.670. The van der Waals surface area contributed by atoms with Crippen LogP contribution in [0.25, 0.3) is 0 Å². The highest BCUT2D eigenvalue weighted by molar-refractivity contribution is 5.91. The summed E-state index contributed by atoms with van der Waals surface area (Å²) in [5.41, 5.74) is 1.14. The van der Waals surface area contributed by atoms with Crippen molar-refractivity contribution in [3.05, 3.63) is 11.6 Å². The molecule has 0 aromatic rings. The standard InChI is InChI=1S/C20H30O3/c1-12-9-13-10-14(22)5-8-20(13,11-21)16-6-7-19(2)15(18(12)16)3-4-17(19)23/h10,12,15-18,21,23H,3-9,11H2,1-2H3/t12-,15+,16+,17?,18+,19+,20-/m1/s1. The van der Waals surface area contributed by atoms with E-state index in [1.54, 1.807) is 0 Å². The van der Waals surface area contributed by atoms with Gasteiger partial charge in [0, 0.05) is 11.8 Å². The molecule has 0 aromatic heterocycles. The second-order valence-electron chi connectivity index (χ2n) is 9.06. The topological polar surface area (TPSA) is 57.5 Å². The number of ketones is 1. The molecule has 3 nitrogen and oxygen atoms in total. The average molecular weight is 318 g/mol. The summed E-state index contributed by atoms with van der Waals surface area (Å²) in [6.07, 6.45) is 8.30. The molecule has 0 amide bonds. The Labute approximate surface area is 139 Å². The molecule has 4 rings (SSSR count). The molecule has 3 fully saturated rings. The van der Waals surface area contributed by atoms with Crippen molar-refractivity contribution in [2.45, 2.75) is 64.9 Å². The number of fused-ring (bicyclic) bond motifs is 5. The minimum Gasteiger partial charge on any atom is -0.395 e. The molecule has 2 N–H and O–H groups in total. The molecule has 0 radical (unpaired) electrons. The molecule has 4 aliphatic carbocycles. The predicted octanol–water partition coefficient (Wildman–Crippen LogP) is 3.10. The molecule has 23 heavy (non-hydrogen) atoms. The van der Waals surface area contributed by atoms with Crippen molar-refractivity contribution in [3.63, 3.8) is 0 Å². The maximum Gasteiger partial charge on any atom is 0.155 e. The first-order valence-electron chi connectivity index (χ1n) is 9.45. The van der Waals surface area contributed by atoms with Gasteiger partial charge >= 0.3 is 0 Å². The van der Waals surface area contributed by atoms with Gasteiger partial charge in [0.1, 0.15) is 0 Å². The van der Waals surface area contributed by atoms with Gasteiger partial charge < -0.3 is 10.2 Å². The van der Waals surface area contributed by atoms with E-state index < -0.39 is 0 Å². The first kappa shape index (κ1) is 15.8. The van der Waals surface area contributed by atoms with Crippen LogP contribution in [-0.2, 0) is 4.79 Å². The van der Waals surface area contributed by atoms with Crippen molar-refractivity contribution in [1.82, 2.24) is 0 Å². The van der Waals surface area contributed by atoms with Crippen LogP contribution < -0.4 is 0 Å². The monoisotopic (exact) mass is 318 g/mol. The van der Waals surface area contributed by atoms with Crippen molar-refractivity contribution >= 4 is 5.78 Å². The summed E-state index contributed by atoms with van der Waals surface area (Å²) in [7, 11) is 0. The molecule has 7 atom stereocenters. The number of hydrogen-bond acceptors (Lipinski definition) is 3. The van der Waals surface area contributed by atoms with Crippen molar-refractivity contribution in [1.29, 1.82) is 0 Å². The van der Waals surface area contributed by atoms with Crippen molar-refractivity contribution in [3.8, 4) is 0 Å². The second kappa shape index (κ2) is 5.16. The summed E-state index contributed by atoms with van der Waals surface area (Å²) in [6, 6.07) is 0. The third kappa shape index (κ3) is 1.99. The lowest BCUT2D eigenvalue weighted by Crippen LogP contribution is -2.55. The van der Waals surface area contributed by atoms with Gasteiger partial charge in [-0.2, -0.15) is 0 Å². The fourth-order valence-electron chi connectivity index (χ4n) is 6.99. The van der Waals surface area contributed by atoms with Gasteiger partial charge in [0.2, 0.25) is 0 Å². The number of aliphatic hydroxyl groups is 2. The van der Waals surface area contributed by atoms with Crippen LogP contribution in [0.2, 0.25) is 0 Å². The van der Waals surface area contributed by atoms with Gasteiger partial charge in [0.05, 0.1) is 12.7 Å². The molecule has 1 unspecified atom stereocenters. The SMILES string of the molecule is C[C@@H]1CC2=CC(=O)CC[C@]2(CO)[C@H]2CC[C@]3(C)C(O)CC[C@H]3[C@H]12. The summed E-state index contributed by atoms with van der Waals surface area (Å²) < 4.78 is 0. The van der Waals surface area contributed by atoms with E-state index in [4.69, 9.17) is 0 Å².